The van der Waals surface area contributed by atoms with Crippen LogP contribution in [0.1, 0.15) is 20.8 Å². The molecule has 0 fully saturated rings. The Balaban J connectivity index is 2.68. The van der Waals surface area contributed by atoms with Gasteiger partial charge in [-0.3, -0.25) is 9.59 Å². The first-order chi connectivity index (χ1) is 7.48. The van der Waals surface area contributed by atoms with Crippen LogP contribution in [0.4, 0.5) is 0 Å². The lowest BCUT2D eigenvalue weighted by atomic mass is 9.88. The van der Waals surface area contributed by atoms with Gasteiger partial charge in [0.15, 0.2) is 5.78 Å². The summed E-state index contributed by atoms with van der Waals surface area (Å²) in [4.78, 5) is 27.1. The first-order valence-corrected chi connectivity index (χ1v) is 5.01. The molecule has 0 atom stereocenters. The number of carbonyl (C=O) groups is 2. The molecule has 0 saturated heterocycles. The predicted octanol–water partition coefficient (Wildman–Crippen LogP) is 0.436. The molecule has 6 heteroatoms. The van der Waals surface area contributed by atoms with Crippen LogP contribution < -0.4 is 0 Å². The number of aromatic nitrogens is 3. The van der Waals surface area contributed by atoms with E-state index >= 15 is 0 Å². The average molecular weight is 225 g/mol. The summed E-state index contributed by atoms with van der Waals surface area (Å²) in [5.41, 5.74) is -1.15. The van der Waals surface area contributed by atoms with Crippen molar-refractivity contribution < 1.29 is 14.3 Å². The highest BCUT2D eigenvalue weighted by Crippen LogP contribution is 2.19. The SMILES string of the molecule is CCOC(=O)C(C)(C)C(=O)Cn1cncn1. The van der Waals surface area contributed by atoms with E-state index in [-0.39, 0.29) is 18.9 Å². The fourth-order valence-corrected chi connectivity index (χ4v) is 1.08. The Morgan fingerprint density at radius 2 is 2.12 bits per heavy atom. The third-order valence-electron chi connectivity index (χ3n) is 2.26. The molecule has 16 heavy (non-hydrogen) atoms. The van der Waals surface area contributed by atoms with Gasteiger partial charge in [0.2, 0.25) is 0 Å². The fraction of sp³-hybridized carbons (Fsp3) is 0.600. The molecule has 0 radical (unpaired) electrons. The van der Waals surface area contributed by atoms with E-state index in [2.05, 4.69) is 10.1 Å². The van der Waals surface area contributed by atoms with Crippen LogP contribution in [-0.2, 0) is 20.9 Å². The number of ether oxygens (including phenoxy) is 1. The molecule has 0 unspecified atom stereocenters. The van der Waals surface area contributed by atoms with Gasteiger partial charge in [0, 0.05) is 0 Å². The summed E-state index contributed by atoms with van der Waals surface area (Å²) < 4.78 is 6.22. The summed E-state index contributed by atoms with van der Waals surface area (Å²) in [7, 11) is 0. The summed E-state index contributed by atoms with van der Waals surface area (Å²) >= 11 is 0. The van der Waals surface area contributed by atoms with Crippen molar-refractivity contribution in [1.29, 1.82) is 0 Å². The minimum Gasteiger partial charge on any atom is -0.465 e. The minimum absolute atomic E-state index is 0.0197. The van der Waals surface area contributed by atoms with Crippen LogP contribution in [0, 0.1) is 5.41 Å². The molecule has 6 nitrogen and oxygen atoms in total. The third-order valence-corrected chi connectivity index (χ3v) is 2.26. The highest BCUT2D eigenvalue weighted by molar-refractivity contribution is 6.02. The Hall–Kier alpha value is -1.72. The molecule has 0 spiro atoms. The Morgan fingerprint density at radius 3 is 2.62 bits per heavy atom. The molecule has 0 N–H and O–H groups in total. The average Bonchev–Trinajstić information content (AvgIpc) is 2.70. The van der Waals surface area contributed by atoms with Gasteiger partial charge in [-0.1, -0.05) is 0 Å². The second-order valence-electron chi connectivity index (χ2n) is 3.86. The number of nitrogens with zero attached hydrogens (tertiary/aromatic N) is 3. The quantitative estimate of drug-likeness (QED) is 0.537. The molecule has 1 heterocycles. The van der Waals surface area contributed by atoms with Crippen molar-refractivity contribution in [3.8, 4) is 0 Å². The lowest BCUT2D eigenvalue weighted by Crippen LogP contribution is -2.37. The molecule has 0 aliphatic heterocycles. The summed E-state index contributed by atoms with van der Waals surface area (Å²) in [5, 5.41) is 3.81. The molecule has 1 rings (SSSR count). The van der Waals surface area contributed by atoms with E-state index in [1.807, 2.05) is 0 Å². The zero-order valence-electron chi connectivity index (χ0n) is 9.64. The molecule has 0 amide bonds. The van der Waals surface area contributed by atoms with Crippen LogP contribution in [0.3, 0.4) is 0 Å². The van der Waals surface area contributed by atoms with Gasteiger partial charge in [0.05, 0.1) is 6.61 Å². The Kier molecular flexibility index (Phi) is 3.76. The number of Topliss-reactive ketones (excluding diaryl/α,β-unsaturated/α-hetero) is 1. The molecule has 0 bridgehead atoms. The Bertz CT molecular complexity index is 371. The topological polar surface area (TPSA) is 74.1 Å². The maximum absolute atomic E-state index is 11.9. The van der Waals surface area contributed by atoms with Crippen molar-refractivity contribution >= 4 is 11.8 Å². The highest BCUT2D eigenvalue weighted by Gasteiger charge is 2.37. The van der Waals surface area contributed by atoms with Gasteiger partial charge in [-0.05, 0) is 20.8 Å². The van der Waals surface area contributed by atoms with Crippen LogP contribution in [0.25, 0.3) is 0 Å². The zero-order valence-corrected chi connectivity index (χ0v) is 9.64. The van der Waals surface area contributed by atoms with Crippen molar-refractivity contribution in [3.05, 3.63) is 12.7 Å². The molecular formula is C10H15N3O3. The van der Waals surface area contributed by atoms with Gasteiger partial charge in [-0.25, -0.2) is 9.67 Å². The zero-order chi connectivity index (χ0) is 12.2. The molecule has 0 saturated carbocycles. The second-order valence-corrected chi connectivity index (χ2v) is 3.86. The van der Waals surface area contributed by atoms with E-state index in [9.17, 15) is 9.59 Å². The minimum atomic E-state index is -1.15. The molecule has 1 aromatic rings. The Morgan fingerprint density at radius 1 is 1.44 bits per heavy atom. The van der Waals surface area contributed by atoms with Crippen LogP contribution in [-0.4, -0.2) is 33.1 Å². The second kappa shape index (κ2) is 4.87. The number of hydrogen-bond donors (Lipinski definition) is 0. The molecule has 1 aromatic heterocycles. The van der Waals surface area contributed by atoms with Gasteiger partial charge in [0.1, 0.15) is 24.6 Å². The first-order valence-electron chi connectivity index (χ1n) is 5.01. The van der Waals surface area contributed by atoms with Crippen LogP contribution >= 0.6 is 0 Å². The van der Waals surface area contributed by atoms with Crippen molar-refractivity contribution in [3.63, 3.8) is 0 Å². The van der Waals surface area contributed by atoms with E-state index in [1.165, 1.54) is 17.3 Å². The lowest BCUT2D eigenvalue weighted by Gasteiger charge is -2.20. The molecular weight excluding hydrogens is 210 g/mol. The summed E-state index contributed by atoms with van der Waals surface area (Å²) in [6.45, 7) is 5.08. The molecule has 0 aliphatic carbocycles. The first kappa shape index (κ1) is 12.4. The van der Waals surface area contributed by atoms with Gasteiger partial charge in [-0.2, -0.15) is 5.10 Å². The normalized spacial score (nSPS) is 11.2. The maximum Gasteiger partial charge on any atom is 0.319 e. The van der Waals surface area contributed by atoms with Crippen molar-refractivity contribution in [2.24, 2.45) is 5.41 Å². The van der Waals surface area contributed by atoms with Gasteiger partial charge < -0.3 is 4.74 Å². The monoisotopic (exact) mass is 225 g/mol. The molecule has 88 valence electrons. The smallest absolute Gasteiger partial charge is 0.319 e. The van der Waals surface area contributed by atoms with Gasteiger partial charge in [0.25, 0.3) is 0 Å². The third kappa shape index (κ3) is 2.65. The van der Waals surface area contributed by atoms with E-state index in [4.69, 9.17) is 4.74 Å². The number of rotatable bonds is 5. The van der Waals surface area contributed by atoms with Crippen molar-refractivity contribution in [2.75, 3.05) is 6.61 Å². The van der Waals surface area contributed by atoms with Crippen LogP contribution in [0.2, 0.25) is 0 Å². The van der Waals surface area contributed by atoms with E-state index in [0.717, 1.165) is 0 Å². The number of hydrogen-bond acceptors (Lipinski definition) is 5. The standard InChI is InChI=1S/C10H15N3O3/c1-4-16-9(15)10(2,3)8(14)5-13-7-11-6-12-13/h6-7H,4-5H2,1-3H3. The van der Waals surface area contributed by atoms with Gasteiger partial charge in [-0.15, -0.1) is 0 Å². The molecule has 0 aromatic carbocycles. The van der Waals surface area contributed by atoms with E-state index in [0.29, 0.717) is 0 Å². The van der Waals surface area contributed by atoms with Crippen LogP contribution in [0.5, 0.6) is 0 Å². The van der Waals surface area contributed by atoms with E-state index in [1.54, 1.807) is 20.8 Å². The predicted molar refractivity (Wildman–Crippen MR) is 55.4 cm³/mol. The largest absolute Gasteiger partial charge is 0.465 e. The van der Waals surface area contributed by atoms with Crippen molar-refractivity contribution in [2.45, 2.75) is 27.3 Å². The fourth-order valence-electron chi connectivity index (χ4n) is 1.08. The number of esters is 1. The summed E-state index contributed by atoms with van der Waals surface area (Å²) in [6, 6.07) is 0. The maximum atomic E-state index is 11.9. The number of ketones is 1. The Labute approximate surface area is 93.6 Å². The summed E-state index contributed by atoms with van der Waals surface area (Å²) in [6.07, 6.45) is 2.77. The van der Waals surface area contributed by atoms with Gasteiger partial charge >= 0.3 is 5.97 Å². The lowest BCUT2D eigenvalue weighted by molar-refractivity contribution is -0.158. The van der Waals surface area contributed by atoms with Crippen LogP contribution in [0.15, 0.2) is 12.7 Å². The van der Waals surface area contributed by atoms with E-state index < -0.39 is 11.4 Å². The number of carbonyl (C=O) groups excluding carboxylic acids is 2. The van der Waals surface area contributed by atoms with Crippen molar-refractivity contribution in [1.82, 2.24) is 14.8 Å². The summed E-state index contributed by atoms with van der Waals surface area (Å²) in [5.74, 6) is -0.767. The molecule has 0 aliphatic rings. The highest BCUT2D eigenvalue weighted by atomic mass is 16.5.